The Hall–Kier alpha value is -2.49. The third kappa shape index (κ3) is 6.49. The van der Waals surface area contributed by atoms with Crippen molar-refractivity contribution >= 4 is 21.4 Å². The molecule has 168 valence electrons. The first-order valence-electron chi connectivity index (χ1n) is 10.4. The van der Waals surface area contributed by atoms with Crippen molar-refractivity contribution in [3.63, 3.8) is 0 Å². The molecule has 0 radical (unpaired) electrons. The van der Waals surface area contributed by atoms with Crippen LogP contribution in [-0.4, -0.2) is 42.9 Å². The lowest BCUT2D eigenvalue weighted by atomic mass is 10.0. The van der Waals surface area contributed by atoms with Gasteiger partial charge in [0.2, 0.25) is 10.0 Å². The van der Waals surface area contributed by atoms with E-state index in [4.69, 9.17) is 0 Å². The number of anilines is 1. The second-order valence-corrected chi connectivity index (χ2v) is 10.7. The summed E-state index contributed by atoms with van der Waals surface area (Å²) < 4.78 is 27.6. The van der Waals surface area contributed by atoms with Crippen molar-refractivity contribution in [2.75, 3.05) is 18.4 Å². The molecule has 0 bridgehead atoms. The van der Waals surface area contributed by atoms with Gasteiger partial charge in [0.15, 0.2) is 0 Å². The first-order chi connectivity index (χ1) is 14.5. The smallest absolute Gasteiger partial charge is 0.293 e. The van der Waals surface area contributed by atoms with E-state index >= 15 is 0 Å². The number of nitro benzene ring substituents is 1. The Kier molecular flexibility index (Phi) is 6.98. The molecular weight excluding hydrogens is 416 g/mol. The summed E-state index contributed by atoms with van der Waals surface area (Å²) in [7, 11) is -3.85. The molecule has 0 amide bonds. The standard InChI is InChI=1S/C22H30N4O4S/c1-22(2,3)24-31(29,30)19-9-10-20(21(15-19)26(27)28)23-18-11-13-25(14-12-18)16-17-7-5-4-6-8-17/h4-10,15,18,23-24H,11-14,16H2,1-3H3. The van der Waals surface area contributed by atoms with Crippen LogP contribution in [0.4, 0.5) is 11.4 Å². The average Bonchev–Trinajstić information content (AvgIpc) is 2.68. The van der Waals surface area contributed by atoms with E-state index in [1.165, 1.54) is 17.7 Å². The highest BCUT2D eigenvalue weighted by Gasteiger charge is 2.27. The number of hydrogen-bond acceptors (Lipinski definition) is 6. The highest BCUT2D eigenvalue weighted by molar-refractivity contribution is 7.89. The summed E-state index contributed by atoms with van der Waals surface area (Å²) in [6.45, 7) is 7.84. The van der Waals surface area contributed by atoms with Gasteiger partial charge in [0.25, 0.3) is 5.69 Å². The maximum absolute atomic E-state index is 12.6. The Balaban J connectivity index is 1.67. The molecule has 2 aromatic carbocycles. The predicted molar refractivity (Wildman–Crippen MR) is 122 cm³/mol. The van der Waals surface area contributed by atoms with E-state index in [-0.39, 0.29) is 16.6 Å². The molecule has 0 aliphatic carbocycles. The van der Waals surface area contributed by atoms with E-state index in [9.17, 15) is 18.5 Å². The van der Waals surface area contributed by atoms with Crippen LogP contribution in [0.5, 0.6) is 0 Å². The van der Waals surface area contributed by atoms with Crippen LogP contribution in [0.3, 0.4) is 0 Å². The van der Waals surface area contributed by atoms with Crippen LogP contribution in [-0.2, 0) is 16.6 Å². The molecule has 1 heterocycles. The van der Waals surface area contributed by atoms with Crippen LogP contribution in [0, 0.1) is 10.1 Å². The molecule has 2 aromatic rings. The van der Waals surface area contributed by atoms with Crippen molar-refractivity contribution < 1.29 is 13.3 Å². The van der Waals surface area contributed by atoms with Crippen molar-refractivity contribution in [3.05, 3.63) is 64.2 Å². The highest BCUT2D eigenvalue weighted by atomic mass is 32.2. The van der Waals surface area contributed by atoms with Gasteiger partial charge in [0, 0.05) is 37.3 Å². The van der Waals surface area contributed by atoms with E-state index in [2.05, 4.69) is 27.1 Å². The van der Waals surface area contributed by atoms with Gasteiger partial charge in [-0.05, 0) is 51.3 Å². The van der Waals surface area contributed by atoms with E-state index in [0.717, 1.165) is 38.5 Å². The molecule has 0 spiro atoms. The summed E-state index contributed by atoms with van der Waals surface area (Å²) in [5, 5.41) is 14.9. The lowest BCUT2D eigenvalue weighted by Gasteiger charge is -2.32. The van der Waals surface area contributed by atoms with Gasteiger partial charge in [-0.1, -0.05) is 30.3 Å². The van der Waals surface area contributed by atoms with Crippen LogP contribution < -0.4 is 10.0 Å². The van der Waals surface area contributed by atoms with Gasteiger partial charge in [-0.2, -0.15) is 0 Å². The Morgan fingerprint density at radius 3 is 2.32 bits per heavy atom. The quantitative estimate of drug-likeness (QED) is 0.496. The number of rotatable bonds is 7. The Morgan fingerprint density at radius 1 is 1.10 bits per heavy atom. The van der Waals surface area contributed by atoms with Crippen LogP contribution in [0.1, 0.15) is 39.2 Å². The largest absolute Gasteiger partial charge is 0.377 e. The third-order valence-corrected chi connectivity index (χ3v) is 6.87. The monoisotopic (exact) mass is 446 g/mol. The van der Waals surface area contributed by atoms with Crippen LogP contribution >= 0.6 is 0 Å². The number of likely N-dealkylation sites (tertiary alicyclic amines) is 1. The van der Waals surface area contributed by atoms with Crippen molar-refractivity contribution in [2.45, 2.75) is 56.6 Å². The number of nitrogens with one attached hydrogen (secondary N) is 2. The number of nitrogens with zero attached hydrogens (tertiary/aromatic N) is 2. The number of piperidine rings is 1. The molecule has 0 atom stereocenters. The first-order valence-corrected chi connectivity index (χ1v) is 11.9. The Labute approximate surface area is 183 Å². The molecule has 1 aliphatic rings. The maximum Gasteiger partial charge on any atom is 0.293 e. The predicted octanol–water partition coefficient (Wildman–Crippen LogP) is 3.75. The molecular formula is C22H30N4O4S. The zero-order chi connectivity index (χ0) is 22.6. The summed E-state index contributed by atoms with van der Waals surface area (Å²) in [5.74, 6) is 0. The molecule has 0 aromatic heterocycles. The number of benzene rings is 2. The molecule has 31 heavy (non-hydrogen) atoms. The third-order valence-electron chi connectivity index (χ3n) is 5.11. The summed E-state index contributed by atoms with van der Waals surface area (Å²) in [6, 6.07) is 14.4. The van der Waals surface area contributed by atoms with Crippen molar-refractivity contribution in [3.8, 4) is 0 Å². The number of sulfonamides is 1. The van der Waals surface area contributed by atoms with Gasteiger partial charge >= 0.3 is 0 Å². The minimum atomic E-state index is -3.85. The van der Waals surface area contributed by atoms with Crippen molar-refractivity contribution in [2.24, 2.45) is 0 Å². The molecule has 8 nitrogen and oxygen atoms in total. The maximum atomic E-state index is 12.6. The lowest BCUT2D eigenvalue weighted by Crippen LogP contribution is -2.40. The van der Waals surface area contributed by atoms with E-state index in [1.807, 2.05) is 18.2 Å². The number of hydrogen-bond donors (Lipinski definition) is 2. The van der Waals surface area contributed by atoms with E-state index < -0.39 is 20.5 Å². The van der Waals surface area contributed by atoms with E-state index in [1.54, 1.807) is 20.8 Å². The van der Waals surface area contributed by atoms with Crippen LogP contribution in [0.25, 0.3) is 0 Å². The Morgan fingerprint density at radius 2 is 1.74 bits per heavy atom. The molecule has 3 rings (SSSR count). The normalized spacial score (nSPS) is 16.2. The first kappa shape index (κ1) is 23.2. The zero-order valence-electron chi connectivity index (χ0n) is 18.2. The molecule has 1 saturated heterocycles. The summed E-state index contributed by atoms with van der Waals surface area (Å²) in [4.78, 5) is 13.3. The second kappa shape index (κ2) is 9.33. The molecule has 0 unspecified atom stereocenters. The fraction of sp³-hybridized carbons (Fsp3) is 0.455. The SMILES string of the molecule is CC(C)(C)NS(=O)(=O)c1ccc(NC2CCN(Cc3ccccc3)CC2)c([N+](=O)[O-])c1. The zero-order valence-corrected chi connectivity index (χ0v) is 19.0. The van der Waals surface area contributed by atoms with Gasteiger partial charge < -0.3 is 5.32 Å². The Bertz CT molecular complexity index is 1010. The minimum absolute atomic E-state index is 0.0980. The lowest BCUT2D eigenvalue weighted by molar-refractivity contribution is -0.384. The molecule has 2 N–H and O–H groups in total. The van der Waals surface area contributed by atoms with Crippen LogP contribution in [0.2, 0.25) is 0 Å². The van der Waals surface area contributed by atoms with Crippen LogP contribution in [0.15, 0.2) is 53.4 Å². The van der Waals surface area contributed by atoms with Gasteiger partial charge in [-0.3, -0.25) is 15.0 Å². The molecule has 9 heteroatoms. The number of nitro groups is 1. The van der Waals surface area contributed by atoms with E-state index in [0.29, 0.717) is 5.69 Å². The van der Waals surface area contributed by atoms with Gasteiger partial charge in [-0.15, -0.1) is 0 Å². The molecule has 0 saturated carbocycles. The average molecular weight is 447 g/mol. The van der Waals surface area contributed by atoms with Crippen molar-refractivity contribution in [1.29, 1.82) is 0 Å². The van der Waals surface area contributed by atoms with Gasteiger partial charge in [-0.25, -0.2) is 13.1 Å². The van der Waals surface area contributed by atoms with Crippen molar-refractivity contribution in [1.82, 2.24) is 9.62 Å². The molecule has 1 fully saturated rings. The summed E-state index contributed by atoms with van der Waals surface area (Å²) in [5.41, 5.74) is 0.702. The highest BCUT2D eigenvalue weighted by Crippen LogP contribution is 2.30. The molecule has 1 aliphatic heterocycles. The van der Waals surface area contributed by atoms with Gasteiger partial charge in [0.05, 0.1) is 9.82 Å². The summed E-state index contributed by atoms with van der Waals surface area (Å²) >= 11 is 0. The summed E-state index contributed by atoms with van der Waals surface area (Å²) in [6.07, 6.45) is 1.71. The van der Waals surface area contributed by atoms with Gasteiger partial charge in [0.1, 0.15) is 5.69 Å². The topological polar surface area (TPSA) is 105 Å². The fourth-order valence-electron chi connectivity index (χ4n) is 3.71. The minimum Gasteiger partial charge on any atom is -0.377 e. The second-order valence-electron chi connectivity index (χ2n) is 8.97. The fourth-order valence-corrected chi connectivity index (χ4v) is 5.15.